The molecule has 0 bridgehead atoms. The summed E-state index contributed by atoms with van der Waals surface area (Å²) < 4.78 is 16.4. The summed E-state index contributed by atoms with van der Waals surface area (Å²) in [6.45, 7) is 1.85. The van der Waals surface area contributed by atoms with Crippen molar-refractivity contribution >= 4 is 17.7 Å². The number of hydrogen-bond acceptors (Lipinski definition) is 5. The topological polar surface area (TPSA) is 51.9 Å². The van der Waals surface area contributed by atoms with E-state index in [-0.39, 0.29) is 11.3 Å². The van der Waals surface area contributed by atoms with Crippen molar-refractivity contribution in [2.24, 2.45) is 0 Å². The maximum atomic E-state index is 12.5. The number of amides is 1. The summed E-state index contributed by atoms with van der Waals surface area (Å²) >= 11 is 1.75. The maximum Gasteiger partial charge on any atom is 0.290 e. The third-order valence-electron chi connectivity index (χ3n) is 3.74. The first-order valence-corrected chi connectivity index (χ1v) is 8.23. The Morgan fingerprint density at radius 2 is 2.05 bits per heavy atom. The van der Waals surface area contributed by atoms with E-state index in [0.717, 1.165) is 22.8 Å². The Bertz CT molecular complexity index is 685. The van der Waals surface area contributed by atoms with E-state index in [1.54, 1.807) is 23.9 Å². The number of ether oxygens (including phenoxy) is 2. The van der Waals surface area contributed by atoms with E-state index in [2.05, 4.69) is 0 Å². The highest BCUT2D eigenvalue weighted by Crippen LogP contribution is 2.42. The molecule has 0 spiro atoms. The van der Waals surface area contributed by atoms with Crippen LogP contribution in [-0.4, -0.2) is 36.3 Å². The molecule has 0 N–H and O–H groups in total. The summed E-state index contributed by atoms with van der Waals surface area (Å²) in [5.74, 6) is 2.73. The quantitative estimate of drug-likeness (QED) is 0.852. The van der Waals surface area contributed by atoms with Crippen LogP contribution in [0.25, 0.3) is 0 Å². The Morgan fingerprint density at radius 3 is 2.86 bits per heavy atom. The molecule has 2 aliphatic heterocycles. The number of nitrogens with zero attached hydrogens (tertiary/aromatic N) is 1. The van der Waals surface area contributed by atoms with Crippen LogP contribution in [-0.2, 0) is 0 Å². The molecule has 0 radical (unpaired) electrons. The minimum absolute atomic E-state index is 0.0200. The standard InChI is InChI=1S/C16H15NO4S/c18-15(13-2-1-6-19-13)17-5-9-22-16(17)11-3-4-12-14(10-11)21-8-7-20-12/h1-4,6,10,16H,5,7-9H2. The molecule has 1 amide bonds. The highest BCUT2D eigenvalue weighted by Gasteiger charge is 2.33. The Morgan fingerprint density at radius 1 is 1.18 bits per heavy atom. The number of rotatable bonds is 2. The summed E-state index contributed by atoms with van der Waals surface area (Å²) in [6, 6.07) is 9.32. The van der Waals surface area contributed by atoms with E-state index >= 15 is 0 Å². The van der Waals surface area contributed by atoms with Crippen molar-refractivity contribution < 1.29 is 18.7 Å². The van der Waals surface area contributed by atoms with E-state index < -0.39 is 0 Å². The third kappa shape index (κ3) is 2.33. The van der Waals surface area contributed by atoms with Gasteiger partial charge in [-0.15, -0.1) is 11.8 Å². The van der Waals surface area contributed by atoms with Gasteiger partial charge in [0, 0.05) is 12.3 Å². The molecule has 1 saturated heterocycles. The van der Waals surface area contributed by atoms with Gasteiger partial charge in [-0.25, -0.2) is 0 Å². The zero-order valence-electron chi connectivity index (χ0n) is 11.9. The molecule has 22 heavy (non-hydrogen) atoms. The largest absolute Gasteiger partial charge is 0.486 e. The van der Waals surface area contributed by atoms with Crippen LogP contribution in [0.4, 0.5) is 0 Å². The average molecular weight is 317 g/mol. The van der Waals surface area contributed by atoms with Crippen LogP contribution in [0, 0.1) is 0 Å². The zero-order valence-corrected chi connectivity index (χ0v) is 12.7. The van der Waals surface area contributed by atoms with Gasteiger partial charge in [-0.05, 0) is 29.8 Å². The van der Waals surface area contributed by atoms with E-state index in [1.807, 2.05) is 23.1 Å². The molecule has 2 aromatic rings. The normalized spacial score (nSPS) is 20.2. The van der Waals surface area contributed by atoms with E-state index in [0.29, 0.717) is 25.5 Å². The first-order valence-electron chi connectivity index (χ1n) is 7.18. The van der Waals surface area contributed by atoms with Gasteiger partial charge in [-0.2, -0.15) is 0 Å². The van der Waals surface area contributed by atoms with Crippen LogP contribution in [0.2, 0.25) is 0 Å². The first-order chi connectivity index (χ1) is 10.8. The van der Waals surface area contributed by atoms with Crippen LogP contribution < -0.4 is 9.47 Å². The van der Waals surface area contributed by atoms with Crippen molar-refractivity contribution in [3.8, 4) is 11.5 Å². The SMILES string of the molecule is O=C(c1ccco1)N1CCSC1c1ccc2c(c1)OCCO2. The van der Waals surface area contributed by atoms with Crippen LogP contribution >= 0.6 is 11.8 Å². The second-order valence-electron chi connectivity index (χ2n) is 5.10. The lowest BCUT2D eigenvalue weighted by atomic mass is 10.1. The number of fused-ring (bicyclic) bond motifs is 1. The Hall–Kier alpha value is -2.08. The molecule has 0 saturated carbocycles. The van der Waals surface area contributed by atoms with Gasteiger partial charge in [-0.3, -0.25) is 4.79 Å². The minimum atomic E-state index is -0.0742. The molecular formula is C16H15NO4S. The predicted molar refractivity (Wildman–Crippen MR) is 82.4 cm³/mol. The second-order valence-corrected chi connectivity index (χ2v) is 6.29. The number of hydrogen-bond donors (Lipinski definition) is 0. The third-order valence-corrected chi connectivity index (χ3v) is 5.00. The molecule has 1 unspecified atom stereocenters. The van der Waals surface area contributed by atoms with Crippen LogP contribution in [0.5, 0.6) is 11.5 Å². The molecule has 3 heterocycles. The van der Waals surface area contributed by atoms with Crippen molar-refractivity contribution in [1.82, 2.24) is 4.90 Å². The van der Waals surface area contributed by atoms with Gasteiger partial charge in [0.05, 0.1) is 6.26 Å². The lowest BCUT2D eigenvalue weighted by Crippen LogP contribution is -2.30. The second kappa shape index (κ2) is 5.61. The van der Waals surface area contributed by atoms with E-state index in [4.69, 9.17) is 13.9 Å². The van der Waals surface area contributed by atoms with Crippen LogP contribution in [0.1, 0.15) is 21.5 Å². The van der Waals surface area contributed by atoms with Gasteiger partial charge in [-0.1, -0.05) is 6.07 Å². The van der Waals surface area contributed by atoms with Crippen molar-refractivity contribution in [2.75, 3.05) is 25.5 Å². The van der Waals surface area contributed by atoms with E-state index in [9.17, 15) is 4.79 Å². The number of benzene rings is 1. The number of thioether (sulfide) groups is 1. The van der Waals surface area contributed by atoms with Gasteiger partial charge in [0.15, 0.2) is 17.3 Å². The Kier molecular flexibility index (Phi) is 3.46. The fourth-order valence-electron chi connectivity index (χ4n) is 2.71. The molecule has 4 rings (SSSR count). The molecule has 1 atom stereocenters. The molecule has 6 heteroatoms. The number of furan rings is 1. The minimum Gasteiger partial charge on any atom is -0.486 e. The molecule has 114 valence electrons. The van der Waals surface area contributed by atoms with Crippen LogP contribution in [0.15, 0.2) is 41.0 Å². The monoisotopic (exact) mass is 317 g/mol. The smallest absolute Gasteiger partial charge is 0.290 e. The van der Waals surface area contributed by atoms with Crippen molar-refractivity contribution in [3.05, 3.63) is 47.9 Å². The fourth-order valence-corrected chi connectivity index (χ4v) is 3.95. The summed E-state index contributed by atoms with van der Waals surface area (Å²) in [5.41, 5.74) is 1.05. The molecule has 1 aromatic carbocycles. The lowest BCUT2D eigenvalue weighted by Gasteiger charge is -2.25. The van der Waals surface area contributed by atoms with Crippen molar-refractivity contribution in [3.63, 3.8) is 0 Å². The molecule has 5 nitrogen and oxygen atoms in total. The summed E-state index contributed by atoms with van der Waals surface area (Å²) in [5, 5.41) is -0.0200. The first kappa shape index (κ1) is 13.6. The number of carbonyl (C=O) groups is 1. The Labute approximate surface area is 132 Å². The lowest BCUT2D eigenvalue weighted by molar-refractivity contribution is 0.0728. The summed E-state index contributed by atoms with van der Waals surface area (Å²) in [4.78, 5) is 14.4. The van der Waals surface area contributed by atoms with Gasteiger partial charge in [0.2, 0.25) is 0 Å². The van der Waals surface area contributed by atoms with E-state index in [1.165, 1.54) is 6.26 Å². The van der Waals surface area contributed by atoms with Crippen LogP contribution in [0.3, 0.4) is 0 Å². The van der Waals surface area contributed by atoms with Gasteiger partial charge in [0.1, 0.15) is 18.6 Å². The summed E-state index contributed by atoms with van der Waals surface area (Å²) in [6.07, 6.45) is 1.52. The molecule has 1 aromatic heterocycles. The zero-order chi connectivity index (χ0) is 14.9. The van der Waals surface area contributed by atoms with Crippen molar-refractivity contribution in [1.29, 1.82) is 0 Å². The number of carbonyl (C=O) groups excluding carboxylic acids is 1. The van der Waals surface area contributed by atoms with Crippen molar-refractivity contribution in [2.45, 2.75) is 5.37 Å². The molecular weight excluding hydrogens is 302 g/mol. The van der Waals surface area contributed by atoms with Gasteiger partial charge in [0.25, 0.3) is 5.91 Å². The highest BCUT2D eigenvalue weighted by molar-refractivity contribution is 7.99. The molecule has 2 aliphatic rings. The molecule has 1 fully saturated rings. The van der Waals surface area contributed by atoms with Gasteiger partial charge >= 0.3 is 0 Å². The average Bonchev–Trinajstić information content (AvgIpc) is 3.25. The Balaban J connectivity index is 1.62. The predicted octanol–water partition coefficient (Wildman–Crippen LogP) is 2.94. The molecule has 0 aliphatic carbocycles. The highest BCUT2D eigenvalue weighted by atomic mass is 32.2. The van der Waals surface area contributed by atoms with Gasteiger partial charge < -0.3 is 18.8 Å². The summed E-state index contributed by atoms with van der Waals surface area (Å²) in [7, 11) is 0. The maximum absolute atomic E-state index is 12.5. The fraction of sp³-hybridized carbons (Fsp3) is 0.312.